The topological polar surface area (TPSA) is 72.5 Å². The van der Waals surface area contributed by atoms with Gasteiger partial charge < -0.3 is 14.5 Å². The van der Waals surface area contributed by atoms with Crippen molar-refractivity contribution >= 4 is 29.2 Å². The molecule has 0 unspecified atom stereocenters. The van der Waals surface area contributed by atoms with Crippen LogP contribution >= 0.6 is 11.3 Å². The molecule has 0 radical (unpaired) electrons. The quantitative estimate of drug-likeness (QED) is 0.166. The number of quaternary nitrogens is 1. The van der Waals surface area contributed by atoms with E-state index in [0.717, 1.165) is 24.1 Å². The molecule has 0 aliphatic rings. The molecule has 0 saturated carbocycles. The molecule has 1 aromatic carbocycles. The molecule has 0 spiro atoms. The number of rotatable bonds is 13. The van der Waals surface area contributed by atoms with E-state index in [-0.39, 0.29) is 6.54 Å². The van der Waals surface area contributed by atoms with E-state index in [1.807, 2.05) is 27.2 Å². The third kappa shape index (κ3) is 11.5. The number of halogens is 3. The van der Waals surface area contributed by atoms with Gasteiger partial charge in [0.15, 0.2) is 0 Å². The summed E-state index contributed by atoms with van der Waals surface area (Å²) in [5.41, 5.74) is 2.55. The summed E-state index contributed by atoms with van der Waals surface area (Å²) in [4.78, 5) is 37.2. The summed E-state index contributed by atoms with van der Waals surface area (Å²) in [6, 6.07) is 11.4. The van der Waals surface area contributed by atoms with Crippen LogP contribution in [0.15, 0.2) is 36.4 Å². The number of carbonyl (C=O) groups is 3. The van der Waals surface area contributed by atoms with E-state index in [0.29, 0.717) is 9.36 Å². The van der Waals surface area contributed by atoms with Crippen LogP contribution in [0.1, 0.15) is 58.3 Å². The Balaban J connectivity index is 1.94. The predicted octanol–water partition coefficient (Wildman–Crippen LogP) is 5.09. The van der Waals surface area contributed by atoms with Gasteiger partial charge in [-0.25, -0.2) is 4.79 Å². The minimum Gasteiger partial charge on any atom is -0.386 e. The molecule has 204 valence electrons. The van der Waals surface area contributed by atoms with Gasteiger partial charge in [0.2, 0.25) is 0 Å². The van der Waals surface area contributed by atoms with Gasteiger partial charge in [-0.1, -0.05) is 44.0 Å². The van der Waals surface area contributed by atoms with Crippen molar-refractivity contribution in [3.63, 3.8) is 0 Å². The predicted molar refractivity (Wildman–Crippen MR) is 137 cm³/mol. The molecule has 37 heavy (non-hydrogen) atoms. The first-order valence-electron chi connectivity index (χ1n) is 12.4. The number of benzene rings is 1. The van der Waals surface area contributed by atoms with Gasteiger partial charge in [0.25, 0.3) is 5.91 Å². The highest BCUT2D eigenvalue weighted by Gasteiger charge is 2.42. The van der Waals surface area contributed by atoms with Crippen molar-refractivity contribution in [3.05, 3.63) is 57.3 Å². The number of aryl methyl sites for hydroxylation is 3. The maximum atomic E-state index is 12.8. The van der Waals surface area contributed by atoms with Crippen LogP contribution in [0.5, 0.6) is 0 Å². The van der Waals surface area contributed by atoms with Gasteiger partial charge in [-0.15, -0.1) is 11.3 Å². The molecule has 0 aliphatic heterocycles. The fraction of sp³-hybridized carbons (Fsp3) is 0.519. The smallest absolute Gasteiger partial charge is 0.386 e. The molecule has 1 amide bonds. The van der Waals surface area contributed by atoms with Gasteiger partial charge in [0.05, 0.1) is 45.0 Å². The molecule has 1 N–H and O–H groups in total. The van der Waals surface area contributed by atoms with Crippen molar-refractivity contribution in [3.8, 4) is 0 Å². The van der Waals surface area contributed by atoms with Crippen LogP contribution in [0.2, 0.25) is 0 Å². The average Bonchev–Trinajstić information content (AvgIpc) is 3.26. The molecule has 2 rings (SSSR count). The highest BCUT2D eigenvalue weighted by atomic mass is 32.1. The summed E-state index contributed by atoms with van der Waals surface area (Å²) in [7, 11) is 5.44. The summed E-state index contributed by atoms with van der Waals surface area (Å²) in [6.07, 6.45) is 0.482. The van der Waals surface area contributed by atoms with E-state index in [9.17, 15) is 27.6 Å². The molecule has 0 fully saturated rings. The van der Waals surface area contributed by atoms with Crippen LogP contribution in [0.4, 0.5) is 13.2 Å². The highest BCUT2D eigenvalue weighted by Crippen LogP contribution is 2.20. The number of hydrogen-bond donors (Lipinski definition) is 1. The third-order valence-corrected chi connectivity index (χ3v) is 6.74. The number of alkyl halides is 3. The van der Waals surface area contributed by atoms with Crippen molar-refractivity contribution in [2.45, 2.75) is 64.1 Å². The van der Waals surface area contributed by atoms with Gasteiger partial charge in [0, 0.05) is 4.88 Å². The minimum absolute atomic E-state index is 0.244. The molecule has 0 aliphatic carbocycles. The number of amides is 1. The Kier molecular flexibility index (Phi) is 11.3. The van der Waals surface area contributed by atoms with Crippen molar-refractivity contribution in [1.82, 2.24) is 5.32 Å². The maximum absolute atomic E-state index is 12.8. The lowest BCUT2D eigenvalue weighted by atomic mass is 10.0. The summed E-state index contributed by atoms with van der Waals surface area (Å²) < 4.78 is 41.4. The first-order chi connectivity index (χ1) is 17.3. The molecular formula is C27H36F3N2O4S+. The number of esters is 2. The number of carbonyl (C=O) groups excluding carboxylic acids is 3. The van der Waals surface area contributed by atoms with E-state index >= 15 is 0 Å². The first kappa shape index (κ1) is 30.5. The molecule has 1 aromatic heterocycles. The molecular weight excluding hydrogens is 505 g/mol. The summed E-state index contributed by atoms with van der Waals surface area (Å²) in [6.45, 7) is 2.43. The Morgan fingerprint density at radius 1 is 0.946 bits per heavy atom. The fourth-order valence-corrected chi connectivity index (χ4v) is 4.75. The molecule has 1 heterocycles. The Labute approximate surface area is 220 Å². The van der Waals surface area contributed by atoms with Gasteiger partial charge in [-0.2, -0.15) is 13.2 Å². The maximum Gasteiger partial charge on any atom is 0.491 e. The Morgan fingerprint density at radius 2 is 1.57 bits per heavy atom. The lowest BCUT2D eigenvalue weighted by Crippen LogP contribution is -2.50. The molecule has 2 aromatic rings. The van der Waals surface area contributed by atoms with Gasteiger partial charge in [-0.05, 0) is 48.9 Å². The van der Waals surface area contributed by atoms with Crippen molar-refractivity contribution in [2.24, 2.45) is 0 Å². The van der Waals surface area contributed by atoms with Crippen LogP contribution in [-0.2, 0) is 33.6 Å². The number of unbranched alkanes of at least 4 members (excludes halogenated alkanes) is 2. The lowest BCUT2D eigenvalue weighted by Gasteiger charge is -2.29. The van der Waals surface area contributed by atoms with Gasteiger partial charge in [0.1, 0.15) is 0 Å². The average molecular weight is 542 g/mol. The van der Waals surface area contributed by atoms with Crippen LogP contribution in [-0.4, -0.2) is 62.2 Å². The van der Waals surface area contributed by atoms with E-state index < -0.39 is 36.5 Å². The van der Waals surface area contributed by atoms with E-state index in [4.69, 9.17) is 0 Å². The number of ether oxygens (including phenoxy) is 1. The highest BCUT2D eigenvalue weighted by molar-refractivity contribution is 7.14. The van der Waals surface area contributed by atoms with Crippen LogP contribution in [0.25, 0.3) is 0 Å². The van der Waals surface area contributed by atoms with Gasteiger partial charge >= 0.3 is 18.1 Å². The second-order valence-corrected chi connectivity index (χ2v) is 11.3. The number of nitrogens with one attached hydrogen (secondary N) is 1. The van der Waals surface area contributed by atoms with Crippen molar-refractivity contribution in [1.29, 1.82) is 0 Å². The van der Waals surface area contributed by atoms with Gasteiger partial charge in [-0.3, -0.25) is 9.59 Å². The lowest BCUT2D eigenvalue weighted by molar-refractivity contribution is -0.871. The second-order valence-electron chi connectivity index (χ2n) is 10.1. The second kappa shape index (κ2) is 13.7. The minimum atomic E-state index is -5.27. The Hall–Kier alpha value is -2.72. The summed E-state index contributed by atoms with van der Waals surface area (Å²) in [5.74, 6) is -4.34. The fourth-order valence-electron chi connectivity index (χ4n) is 3.84. The summed E-state index contributed by atoms with van der Waals surface area (Å²) in [5, 5.41) is 2.71. The molecule has 10 heteroatoms. The monoisotopic (exact) mass is 541 g/mol. The third-order valence-electron chi connectivity index (χ3n) is 5.59. The van der Waals surface area contributed by atoms with E-state index in [2.05, 4.69) is 41.2 Å². The zero-order valence-electron chi connectivity index (χ0n) is 21.8. The molecule has 0 bridgehead atoms. The number of hydrogen-bond acceptors (Lipinski definition) is 5. The SMILES string of the molecule is CCCCCc1ccc(CCc2ccc(C(=O)N[C@H](CC(=O)OC(=O)C(F)(F)F)C[N+](C)(C)C)s2)cc1. The summed E-state index contributed by atoms with van der Waals surface area (Å²) >= 11 is 1.33. The molecule has 6 nitrogen and oxygen atoms in total. The number of thiophene rings is 1. The first-order valence-corrected chi connectivity index (χ1v) is 13.2. The molecule has 1 atom stereocenters. The standard InChI is InChI=1S/C27H35F3N2O4S/c1-5-6-7-8-19-9-11-20(12-10-19)13-14-22-15-16-23(37-22)25(34)31-21(18-32(2,3)4)17-24(33)36-26(35)27(28,29)30/h9-12,15-16,21H,5-8,13-14,17-18H2,1-4H3/p+1/t21-/m1/s1. The largest absolute Gasteiger partial charge is 0.491 e. The van der Waals surface area contributed by atoms with Crippen molar-refractivity contribution < 1.29 is 36.8 Å². The Bertz CT molecular complexity index is 1040. The van der Waals surface area contributed by atoms with Crippen LogP contribution in [0, 0.1) is 0 Å². The number of likely N-dealkylation sites (N-methyl/N-ethyl adjacent to an activating group) is 1. The normalized spacial score (nSPS) is 12.7. The molecule has 0 saturated heterocycles. The zero-order valence-corrected chi connectivity index (χ0v) is 22.6. The van der Waals surface area contributed by atoms with Crippen molar-refractivity contribution in [2.75, 3.05) is 27.7 Å². The van der Waals surface area contributed by atoms with Crippen LogP contribution < -0.4 is 5.32 Å². The van der Waals surface area contributed by atoms with E-state index in [1.54, 1.807) is 6.07 Å². The van der Waals surface area contributed by atoms with Crippen LogP contribution in [0.3, 0.4) is 0 Å². The zero-order chi connectivity index (χ0) is 27.6. The Morgan fingerprint density at radius 3 is 2.14 bits per heavy atom. The number of nitrogens with zero attached hydrogens (tertiary/aromatic N) is 1. The van der Waals surface area contributed by atoms with E-state index in [1.165, 1.54) is 41.7 Å².